The number of fused-ring (bicyclic) bond motifs is 1. The summed E-state index contributed by atoms with van der Waals surface area (Å²) in [5, 5.41) is 10.0. The van der Waals surface area contributed by atoms with E-state index in [1.165, 1.54) is 16.3 Å². The van der Waals surface area contributed by atoms with Crippen LogP contribution in [0.15, 0.2) is 48.8 Å². The van der Waals surface area contributed by atoms with Crippen molar-refractivity contribution < 1.29 is 4.74 Å². The van der Waals surface area contributed by atoms with Gasteiger partial charge in [-0.1, -0.05) is 18.2 Å². The third-order valence-electron chi connectivity index (χ3n) is 3.66. The van der Waals surface area contributed by atoms with E-state index in [4.69, 9.17) is 4.74 Å². The summed E-state index contributed by atoms with van der Waals surface area (Å²) in [5.41, 5.74) is 2.27. The van der Waals surface area contributed by atoms with Crippen molar-refractivity contribution in [1.82, 2.24) is 9.78 Å². The monoisotopic (exact) mass is 281 g/mol. The Balaban J connectivity index is 1.86. The van der Waals surface area contributed by atoms with E-state index in [0.717, 1.165) is 11.4 Å². The van der Waals surface area contributed by atoms with Gasteiger partial charge >= 0.3 is 0 Å². The van der Waals surface area contributed by atoms with Gasteiger partial charge in [0.1, 0.15) is 5.75 Å². The number of nitrogens with zero attached hydrogens (tertiary/aromatic N) is 2. The number of ether oxygens (including phenoxy) is 1. The molecule has 1 atom stereocenters. The first-order valence-electron chi connectivity index (χ1n) is 6.98. The van der Waals surface area contributed by atoms with Crippen LogP contribution in [0.2, 0.25) is 0 Å². The fraction of sp³-hybridized carbons (Fsp3) is 0.235. The number of hydrogen-bond acceptors (Lipinski definition) is 3. The fourth-order valence-corrected chi connectivity index (χ4v) is 2.47. The van der Waals surface area contributed by atoms with Gasteiger partial charge in [0, 0.05) is 19.3 Å². The molecule has 0 saturated heterocycles. The van der Waals surface area contributed by atoms with Crippen LogP contribution in [0.3, 0.4) is 0 Å². The summed E-state index contributed by atoms with van der Waals surface area (Å²) in [6, 6.07) is 12.9. The zero-order valence-electron chi connectivity index (χ0n) is 12.5. The van der Waals surface area contributed by atoms with Gasteiger partial charge in [-0.3, -0.25) is 4.68 Å². The first-order chi connectivity index (χ1) is 10.2. The third-order valence-corrected chi connectivity index (χ3v) is 3.66. The largest absolute Gasteiger partial charge is 0.497 e. The lowest BCUT2D eigenvalue weighted by Gasteiger charge is -2.15. The van der Waals surface area contributed by atoms with E-state index in [-0.39, 0.29) is 6.04 Å². The summed E-state index contributed by atoms with van der Waals surface area (Å²) in [4.78, 5) is 0. The van der Waals surface area contributed by atoms with E-state index in [1.54, 1.807) is 11.8 Å². The van der Waals surface area contributed by atoms with Gasteiger partial charge in [-0.25, -0.2) is 0 Å². The molecule has 108 valence electrons. The Kier molecular flexibility index (Phi) is 3.52. The molecule has 0 saturated carbocycles. The Morgan fingerprint density at radius 2 is 1.90 bits per heavy atom. The molecule has 0 aliphatic heterocycles. The van der Waals surface area contributed by atoms with Crippen LogP contribution in [-0.2, 0) is 7.05 Å². The molecule has 21 heavy (non-hydrogen) atoms. The number of anilines is 1. The molecule has 0 radical (unpaired) electrons. The van der Waals surface area contributed by atoms with Gasteiger partial charge < -0.3 is 10.1 Å². The van der Waals surface area contributed by atoms with Crippen molar-refractivity contribution in [2.45, 2.75) is 13.0 Å². The Hall–Kier alpha value is -2.49. The van der Waals surface area contributed by atoms with Crippen molar-refractivity contribution >= 4 is 16.5 Å². The van der Waals surface area contributed by atoms with Crippen LogP contribution in [0.5, 0.6) is 5.75 Å². The molecule has 4 nitrogen and oxygen atoms in total. The van der Waals surface area contributed by atoms with Crippen molar-refractivity contribution in [3.05, 3.63) is 54.4 Å². The maximum atomic E-state index is 5.26. The Morgan fingerprint density at radius 1 is 1.14 bits per heavy atom. The SMILES string of the molecule is COc1ccc2cc(C(C)Nc3cnn(C)c3)ccc2c1. The van der Waals surface area contributed by atoms with Gasteiger partial charge in [-0.2, -0.15) is 5.10 Å². The molecule has 1 aromatic heterocycles. The number of aromatic nitrogens is 2. The smallest absolute Gasteiger partial charge is 0.119 e. The lowest BCUT2D eigenvalue weighted by molar-refractivity contribution is 0.415. The predicted octanol–water partition coefficient (Wildman–Crippen LogP) is 3.76. The molecule has 1 heterocycles. The van der Waals surface area contributed by atoms with Crippen LogP contribution in [-0.4, -0.2) is 16.9 Å². The summed E-state index contributed by atoms with van der Waals surface area (Å²) in [6.07, 6.45) is 3.81. The first kappa shape index (κ1) is 13.5. The quantitative estimate of drug-likeness (QED) is 0.791. The highest BCUT2D eigenvalue weighted by molar-refractivity contribution is 5.84. The fourth-order valence-electron chi connectivity index (χ4n) is 2.47. The maximum Gasteiger partial charge on any atom is 0.119 e. The second-order valence-electron chi connectivity index (χ2n) is 5.24. The standard InChI is InChI=1S/C17H19N3O/c1-12(19-16-10-18-20(2)11-16)13-4-5-15-9-17(21-3)7-6-14(15)8-13/h4-12,19H,1-3H3. The molecule has 0 bridgehead atoms. The van der Waals surface area contributed by atoms with E-state index < -0.39 is 0 Å². The van der Waals surface area contributed by atoms with E-state index in [0.29, 0.717) is 0 Å². The number of aryl methyl sites for hydroxylation is 1. The molecule has 0 aliphatic carbocycles. The number of methoxy groups -OCH3 is 1. The van der Waals surface area contributed by atoms with Crippen molar-refractivity contribution in [2.75, 3.05) is 12.4 Å². The highest BCUT2D eigenvalue weighted by Crippen LogP contribution is 2.25. The summed E-state index contributed by atoms with van der Waals surface area (Å²) in [5.74, 6) is 0.886. The van der Waals surface area contributed by atoms with Crippen LogP contribution in [0.4, 0.5) is 5.69 Å². The van der Waals surface area contributed by atoms with Crippen LogP contribution in [0.25, 0.3) is 10.8 Å². The van der Waals surface area contributed by atoms with Gasteiger partial charge in [-0.05, 0) is 41.5 Å². The Morgan fingerprint density at radius 3 is 2.62 bits per heavy atom. The molecule has 2 aromatic carbocycles. The van der Waals surface area contributed by atoms with Gasteiger partial charge in [0.05, 0.1) is 19.0 Å². The van der Waals surface area contributed by atoms with Crippen molar-refractivity contribution in [3.8, 4) is 5.75 Å². The molecule has 0 fully saturated rings. The average molecular weight is 281 g/mol. The molecule has 0 aliphatic rings. The van der Waals surface area contributed by atoms with Crippen molar-refractivity contribution in [2.24, 2.45) is 7.05 Å². The zero-order chi connectivity index (χ0) is 14.8. The number of nitrogens with one attached hydrogen (secondary N) is 1. The first-order valence-corrected chi connectivity index (χ1v) is 6.98. The normalized spacial score (nSPS) is 12.3. The summed E-state index contributed by atoms with van der Waals surface area (Å²) >= 11 is 0. The van der Waals surface area contributed by atoms with E-state index in [2.05, 4.69) is 47.7 Å². The maximum absolute atomic E-state index is 5.26. The minimum absolute atomic E-state index is 0.223. The molecule has 0 spiro atoms. The van der Waals surface area contributed by atoms with Crippen LogP contribution < -0.4 is 10.1 Å². The third kappa shape index (κ3) is 2.84. The molecule has 0 amide bonds. The molecule has 3 rings (SSSR count). The van der Waals surface area contributed by atoms with Crippen molar-refractivity contribution in [1.29, 1.82) is 0 Å². The second kappa shape index (κ2) is 5.48. The summed E-state index contributed by atoms with van der Waals surface area (Å²) in [6.45, 7) is 2.15. The number of rotatable bonds is 4. The van der Waals surface area contributed by atoms with E-state index in [1.807, 2.05) is 25.5 Å². The van der Waals surface area contributed by atoms with Gasteiger partial charge in [0.15, 0.2) is 0 Å². The van der Waals surface area contributed by atoms with Crippen LogP contribution in [0, 0.1) is 0 Å². The second-order valence-corrected chi connectivity index (χ2v) is 5.24. The molecular weight excluding hydrogens is 262 g/mol. The Bertz CT molecular complexity index is 764. The summed E-state index contributed by atoms with van der Waals surface area (Å²) in [7, 11) is 3.61. The molecule has 3 aromatic rings. The van der Waals surface area contributed by atoms with E-state index in [9.17, 15) is 0 Å². The molecule has 4 heteroatoms. The lowest BCUT2D eigenvalue weighted by Crippen LogP contribution is -2.05. The molecule has 1 N–H and O–H groups in total. The van der Waals surface area contributed by atoms with Gasteiger partial charge in [0.25, 0.3) is 0 Å². The van der Waals surface area contributed by atoms with Crippen LogP contribution in [0.1, 0.15) is 18.5 Å². The molecular formula is C17H19N3O. The highest BCUT2D eigenvalue weighted by atomic mass is 16.5. The van der Waals surface area contributed by atoms with Crippen LogP contribution >= 0.6 is 0 Å². The van der Waals surface area contributed by atoms with Gasteiger partial charge in [0.2, 0.25) is 0 Å². The zero-order valence-corrected chi connectivity index (χ0v) is 12.5. The summed E-state index contributed by atoms with van der Waals surface area (Å²) < 4.78 is 7.05. The number of hydrogen-bond donors (Lipinski definition) is 1. The van der Waals surface area contributed by atoms with Crippen molar-refractivity contribution in [3.63, 3.8) is 0 Å². The lowest BCUT2D eigenvalue weighted by atomic mass is 10.0. The van der Waals surface area contributed by atoms with Gasteiger partial charge in [-0.15, -0.1) is 0 Å². The minimum atomic E-state index is 0.223. The average Bonchev–Trinajstić information content (AvgIpc) is 2.91. The van der Waals surface area contributed by atoms with E-state index >= 15 is 0 Å². The Labute approximate surface area is 124 Å². The highest BCUT2D eigenvalue weighted by Gasteiger charge is 2.07. The minimum Gasteiger partial charge on any atom is -0.497 e. The topological polar surface area (TPSA) is 39.1 Å². The predicted molar refractivity (Wildman–Crippen MR) is 85.7 cm³/mol. The number of benzene rings is 2. The molecule has 1 unspecified atom stereocenters.